The Morgan fingerprint density at radius 1 is 1.19 bits per heavy atom. The third-order valence-corrected chi connectivity index (χ3v) is 4.01. The molecule has 8 nitrogen and oxygen atoms in total. The summed E-state index contributed by atoms with van der Waals surface area (Å²) < 4.78 is 15.2. The standard InChI is InChI=1S/C18H17NO7/c1-11-7-17(22)26-14-8-12(4-5-13(11)14)24-10-18(23)25-9-16(21)19-6-2-3-15(19)20/h4-5,7-8H,2-3,6,9-10H2,1H3. The first kappa shape index (κ1) is 17.7. The zero-order chi connectivity index (χ0) is 18.7. The highest BCUT2D eigenvalue weighted by molar-refractivity contribution is 5.97. The molecule has 3 rings (SSSR count). The van der Waals surface area contributed by atoms with Crippen LogP contribution in [0.1, 0.15) is 18.4 Å². The number of likely N-dealkylation sites (tertiary alicyclic amines) is 1. The van der Waals surface area contributed by atoms with E-state index in [9.17, 15) is 19.2 Å². The van der Waals surface area contributed by atoms with Crippen LogP contribution in [0.5, 0.6) is 5.75 Å². The van der Waals surface area contributed by atoms with Gasteiger partial charge in [0.05, 0.1) is 0 Å². The minimum atomic E-state index is -0.740. The molecule has 1 fully saturated rings. The first-order chi connectivity index (χ1) is 12.4. The van der Waals surface area contributed by atoms with Gasteiger partial charge in [0.15, 0.2) is 13.2 Å². The molecule has 136 valence electrons. The van der Waals surface area contributed by atoms with Crippen molar-refractivity contribution in [2.75, 3.05) is 19.8 Å². The van der Waals surface area contributed by atoms with E-state index in [0.29, 0.717) is 30.7 Å². The number of amides is 2. The molecule has 0 atom stereocenters. The molecule has 0 bridgehead atoms. The summed E-state index contributed by atoms with van der Waals surface area (Å²) >= 11 is 0. The molecule has 1 saturated heterocycles. The molecule has 0 aliphatic carbocycles. The maximum atomic E-state index is 11.8. The molecule has 2 heterocycles. The normalized spacial score (nSPS) is 13.9. The van der Waals surface area contributed by atoms with Gasteiger partial charge in [-0.25, -0.2) is 9.59 Å². The van der Waals surface area contributed by atoms with Crippen molar-refractivity contribution in [2.45, 2.75) is 19.8 Å². The largest absolute Gasteiger partial charge is 0.482 e. The van der Waals surface area contributed by atoms with Gasteiger partial charge >= 0.3 is 11.6 Å². The average molecular weight is 359 g/mol. The van der Waals surface area contributed by atoms with Gasteiger partial charge in [-0.05, 0) is 31.0 Å². The van der Waals surface area contributed by atoms with E-state index < -0.39 is 30.7 Å². The topological polar surface area (TPSA) is 103 Å². The lowest BCUT2D eigenvalue weighted by Gasteiger charge is -2.13. The summed E-state index contributed by atoms with van der Waals surface area (Å²) in [6, 6.07) is 6.25. The fourth-order valence-corrected chi connectivity index (χ4v) is 2.71. The van der Waals surface area contributed by atoms with E-state index in [-0.39, 0.29) is 5.91 Å². The van der Waals surface area contributed by atoms with Gasteiger partial charge in [0.1, 0.15) is 11.3 Å². The zero-order valence-corrected chi connectivity index (χ0v) is 14.1. The first-order valence-corrected chi connectivity index (χ1v) is 8.10. The van der Waals surface area contributed by atoms with E-state index in [1.165, 1.54) is 12.1 Å². The summed E-state index contributed by atoms with van der Waals surface area (Å²) in [4.78, 5) is 47.4. The van der Waals surface area contributed by atoms with Crippen LogP contribution in [0, 0.1) is 6.92 Å². The molecule has 1 aromatic heterocycles. The average Bonchev–Trinajstić information content (AvgIpc) is 3.03. The number of hydrogen-bond donors (Lipinski definition) is 0. The van der Waals surface area contributed by atoms with Crippen molar-refractivity contribution in [2.24, 2.45) is 0 Å². The molecule has 2 amide bonds. The second-order valence-electron chi connectivity index (χ2n) is 5.90. The van der Waals surface area contributed by atoms with Crippen molar-refractivity contribution in [3.05, 3.63) is 40.2 Å². The summed E-state index contributed by atoms with van der Waals surface area (Å²) in [5.41, 5.74) is 0.655. The van der Waals surface area contributed by atoms with Gasteiger partial charge < -0.3 is 13.9 Å². The monoisotopic (exact) mass is 359 g/mol. The summed E-state index contributed by atoms with van der Waals surface area (Å²) in [5, 5.41) is 0.764. The van der Waals surface area contributed by atoms with Gasteiger partial charge in [-0.15, -0.1) is 0 Å². The van der Waals surface area contributed by atoms with Gasteiger partial charge in [0.2, 0.25) is 5.91 Å². The third-order valence-electron chi connectivity index (χ3n) is 4.01. The Morgan fingerprint density at radius 2 is 2.00 bits per heavy atom. The van der Waals surface area contributed by atoms with Gasteiger partial charge in [-0.3, -0.25) is 14.5 Å². The predicted octanol–water partition coefficient (Wildman–Crippen LogP) is 1.17. The maximum absolute atomic E-state index is 11.8. The number of imide groups is 1. The molecule has 0 unspecified atom stereocenters. The minimum absolute atomic E-state index is 0.254. The Morgan fingerprint density at radius 3 is 2.73 bits per heavy atom. The van der Waals surface area contributed by atoms with Crippen molar-refractivity contribution in [1.29, 1.82) is 0 Å². The molecular formula is C18H17NO7. The van der Waals surface area contributed by atoms with Gasteiger partial charge in [0.25, 0.3) is 5.91 Å². The quantitative estimate of drug-likeness (QED) is 0.583. The third kappa shape index (κ3) is 3.90. The SMILES string of the molecule is Cc1cc(=O)oc2cc(OCC(=O)OCC(=O)N3CCCC3=O)ccc12. The Labute approximate surface area is 148 Å². The highest BCUT2D eigenvalue weighted by atomic mass is 16.6. The smallest absolute Gasteiger partial charge is 0.344 e. The number of fused-ring (bicyclic) bond motifs is 1. The summed E-state index contributed by atoms with van der Waals surface area (Å²) in [6.45, 7) is 1.23. The second-order valence-corrected chi connectivity index (χ2v) is 5.90. The lowest BCUT2D eigenvalue weighted by molar-refractivity contribution is -0.155. The highest BCUT2D eigenvalue weighted by Gasteiger charge is 2.26. The van der Waals surface area contributed by atoms with Gasteiger partial charge in [-0.2, -0.15) is 0 Å². The van der Waals surface area contributed by atoms with Crippen LogP contribution in [0.15, 0.2) is 33.5 Å². The van der Waals surface area contributed by atoms with E-state index in [4.69, 9.17) is 13.9 Å². The predicted molar refractivity (Wildman–Crippen MR) is 89.6 cm³/mol. The van der Waals surface area contributed by atoms with E-state index in [1.807, 2.05) is 0 Å². The maximum Gasteiger partial charge on any atom is 0.344 e. The van der Waals surface area contributed by atoms with Crippen LogP contribution < -0.4 is 10.4 Å². The molecule has 8 heteroatoms. The van der Waals surface area contributed by atoms with E-state index >= 15 is 0 Å². The number of aryl methyl sites for hydroxylation is 1. The highest BCUT2D eigenvalue weighted by Crippen LogP contribution is 2.22. The molecule has 0 radical (unpaired) electrons. The Balaban J connectivity index is 1.54. The Hall–Kier alpha value is -3.16. The Bertz CT molecular complexity index is 931. The molecule has 0 N–H and O–H groups in total. The summed E-state index contributed by atoms with van der Waals surface area (Å²) in [5.74, 6) is -1.21. The number of carbonyl (C=O) groups is 3. The lowest BCUT2D eigenvalue weighted by atomic mass is 10.1. The fourth-order valence-electron chi connectivity index (χ4n) is 2.71. The number of nitrogens with zero attached hydrogens (tertiary/aromatic N) is 1. The molecule has 1 aliphatic heterocycles. The number of carbonyl (C=O) groups excluding carboxylic acids is 3. The zero-order valence-electron chi connectivity index (χ0n) is 14.1. The molecule has 0 spiro atoms. The van der Waals surface area contributed by atoms with Crippen LogP contribution in [-0.2, 0) is 19.1 Å². The van der Waals surface area contributed by atoms with Crippen molar-refractivity contribution in [3.8, 4) is 5.75 Å². The van der Waals surface area contributed by atoms with E-state index in [1.54, 1.807) is 19.1 Å². The molecule has 2 aromatic rings. The number of hydrogen-bond acceptors (Lipinski definition) is 7. The summed E-state index contributed by atoms with van der Waals surface area (Å²) in [7, 11) is 0. The number of rotatable bonds is 5. The first-order valence-electron chi connectivity index (χ1n) is 8.10. The van der Waals surface area contributed by atoms with Crippen molar-refractivity contribution < 1.29 is 28.3 Å². The van der Waals surface area contributed by atoms with Crippen molar-refractivity contribution >= 4 is 28.8 Å². The number of ether oxygens (including phenoxy) is 2. The number of benzene rings is 1. The van der Waals surface area contributed by atoms with Crippen LogP contribution in [0.4, 0.5) is 0 Å². The van der Waals surface area contributed by atoms with Gasteiger partial charge in [0, 0.05) is 30.5 Å². The Kier molecular flexibility index (Phi) is 5.01. The fraction of sp³-hybridized carbons (Fsp3) is 0.333. The van der Waals surface area contributed by atoms with E-state index in [2.05, 4.69) is 0 Å². The van der Waals surface area contributed by atoms with Crippen LogP contribution in [0.2, 0.25) is 0 Å². The van der Waals surface area contributed by atoms with Crippen molar-refractivity contribution in [3.63, 3.8) is 0 Å². The van der Waals surface area contributed by atoms with Crippen LogP contribution in [-0.4, -0.2) is 42.4 Å². The molecule has 26 heavy (non-hydrogen) atoms. The van der Waals surface area contributed by atoms with Crippen molar-refractivity contribution in [1.82, 2.24) is 4.90 Å². The molecule has 1 aliphatic rings. The number of esters is 1. The molecule has 0 saturated carbocycles. The molecule has 1 aromatic carbocycles. The second kappa shape index (κ2) is 7.38. The van der Waals surface area contributed by atoms with E-state index in [0.717, 1.165) is 15.8 Å². The molecular weight excluding hydrogens is 342 g/mol. The minimum Gasteiger partial charge on any atom is -0.482 e. The van der Waals surface area contributed by atoms with Gasteiger partial charge in [-0.1, -0.05) is 0 Å². The lowest BCUT2D eigenvalue weighted by Crippen LogP contribution is -2.35. The summed E-state index contributed by atoms with van der Waals surface area (Å²) in [6.07, 6.45) is 0.958. The van der Waals surface area contributed by atoms with Crippen LogP contribution in [0.25, 0.3) is 11.0 Å². The van der Waals surface area contributed by atoms with Crippen LogP contribution in [0.3, 0.4) is 0 Å². The van der Waals surface area contributed by atoms with Crippen LogP contribution >= 0.6 is 0 Å².